The van der Waals surface area contributed by atoms with Crippen molar-refractivity contribution >= 4 is 5.91 Å². The van der Waals surface area contributed by atoms with Gasteiger partial charge in [0.15, 0.2) is 0 Å². The van der Waals surface area contributed by atoms with E-state index in [1.165, 1.54) is 0 Å². The number of morpholine rings is 1. The first-order chi connectivity index (χ1) is 8.08. The molecule has 0 spiro atoms. The minimum atomic E-state index is 0.0151. The summed E-state index contributed by atoms with van der Waals surface area (Å²) in [5.74, 6) is 0.195. The third-order valence-electron chi connectivity index (χ3n) is 3.24. The van der Waals surface area contributed by atoms with Crippen molar-refractivity contribution in [2.45, 2.75) is 32.9 Å². The number of hydrogen-bond donors (Lipinski definition) is 1. The maximum atomic E-state index is 12.0. The molecule has 1 rings (SSSR count). The van der Waals surface area contributed by atoms with E-state index in [0.717, 1.165) is 26.2 Å². The highest BCUT2D eigenvalue weighted by Crippen LogP contribution is 2.08. The Kier molecular flexibility index (Phi) is 5.88. The predicted molar refractivity (Wildman–Crippen MR) is 67.8 cm³/mol. The van der Waals surface area contributed by atoms with Crippen molar-refractivity contribution in [2.24, 2.45) is 5.73 Å². The van der Waals surface area contributed by atoms with Crippen LogP contribution in [0, 0.1) is 0 Å². The van der Waals surface area contributed by atoms with Gasteiger partial charge in [-0.3, -0.25) is 9.69 Å². The molecular weight excluding hydrogens is 218 g/mol. The van der Waals surface area contributed by atoms with E-state index in [9.17, 15) is 4.79 Å². The second-order valence-corrected chi connectivity index (χ2v) is 4.57. The van der Waals surface area contributed by atoms with Crippen LogP contribution in [0.5, 0.6) is 0 Å². The van der Waals surface area contributed by atoms with Gasteiger partial charge in [-0.25, -0.2) is 0 Å². The molecule has 1 heterocycles. The van der Waals surface area contributed by atoms with E-state index in [1.807, 2.05) is 25.7 Å². The van der Waals surface area contributed by atoms with Gasteiger partial charge in [-0.1, -0.05) is 0 Å². The molecule has 1 aliphatic heterocycles. The standard InChI is InChI=1S/C12H25N3O2/c1-4-15(5-2)12(16)9-14-6-7-17-11(8-14)10(3)13/h10-11H,4-9,13H2,1-3H3. The van der Waals surface area contributed by atoms with Gasteiger partial charge in [0.1, 0.15) is 0 Å². The summed E-state index contributed by atoms with van der Waals surface area (Å²) in [6, 6.07) is 0.0151. The summed E-state index contributed by atoms with van der Waals surface area (Å²) in [6.07, 6.45) is 0.0493. The molecule has 1 aliphatic rings. The lowest BCUT2D eigenvalue weighted by atomic mass is 10.1. The molecule has 1 fully saturated rings. The van der Waals surface area contributed by atoms with Gasteiger partial charge in [0.05, 0.1) is 19.3 Å². The van der Waals surface area contributed by atoms with Crippen LogP contribution in [0.25, 0.3) is 0 Å². The van der Waals surface area contributed by atoms with Crippen molar-refractivity contribution in [1.29, 1.82) is 0 Å². The molecule has 2 N–H and O–H groups in total. The zero-order valence-electron chi connectivity index (χ0n) is 11.2. The Balaban J connectivity index is 2.43. The molecule has 0 aromatic heterocycles. The number of carbonyl (C=O) groups excluding carboxylic acids is 1. The monoisotopic (exact) mass is 243 g/mol. The molecule has 0 aliphatic carbocycles. The number of amides is 1. The zero-order valence-corrected chi connectivity index (χ0v) is 11.2. The number of nitrogens with zero attached hydrogens (tertiary/aromatic N) is 2. The Labute approximate surface area is 104 Å². The van der Waals surface area contributed by atoms with Crippen molar-refractivity contribution in [3.63, 3.8) is 0 Å². The topological polar surface area (TPSA) is 58.8 Å². The zero-order chi connectivity index (χ0) is 12.8. The highest BCUT2D eigenvalue weighted by molar-refractivity contribution is 5.78. The van der Waals surface area contributed by atoms with E-state index in [4.69, 9.17) is 10.5 Å². The smallest absolute Gasteiger partial charge is 0.236 e. The van der Waals surface area contributed by atoms with Crippen LogP contribution in [0.2, 0.25) is 0 Å². The molecule has 0 radical (unpaired) electrons. The molecule has 0 saturated carbocycles. The second kappa shape index (κ2) is 6.93. The Morgan fingerprint density at radius 1 is 1.53 bits per heavy atom. The van der Waals surface area contributed by atoms with Crippen LogP contribution in [0.3, 0.4) is 0 Å². The Morgan fingerprint density at radius 3 is 2.71 bits per heavy atom. The van der Waals surface area contributed by atoms with Crippen LogP contribution in [-0.4, -0.2) is 67.2 Å². The van der Waals surface area contributed by atoms with E-state index < -0.39 is 0 Å². The van der Waals surface area contributed by atoms with Gasteiger partial charge in [0, 0.05) is 32.2 Å². The first-order valence-corrected chi connectivity index (χ1v) is 6.45. The third-order valence-corrected chi connectivity index (χ3v) is 3.24. The fourth-order valence-electron chi connectivity index (χ4n) is 2.06. The molecule has 2 unspecified atom stereocenters. The summed E-state index contributed by atoms with van der Waals surface area (Å²) in [5.41, 5.74) is 5.83. The molecule has 5 nitrogen and oxygen atoms in total. The van der Waals surface area contributed by atoms with Crippen molar-refractivity contribution in [1.82, 2.24) is 9.80 Å². The average Bonchev–Trinajstić information content (AvgIpc) is 2.30. The van der Waals surface area contributed by atoms with E-state index >= 15 is 0 Å². The molecule has 0 aromatic carbocycles. The number of ether oxygens (including phenoxy) is 1. The molecule has 2 atom stereocenters. The SMILES string of the molecule is CCN(CC)C(=O)CN1CCOC(C(C)N)C1. The van der Waals surface area contributed by atoms with Crippen LogP contribution in [-0.2, 0) is 9.53 Å². The molecule has 1 saturated heterocycles. The maximum absolute atomic E-state index is 12.0. The van der Waals surface area contributed by atoms with Crippen molar-refractivity contribution in [2.75, 3.05) is 39.3 Å². The van der Waals surface area contributed by atoms with Crippen LogP contribution in [0.4, 0.5) is 0 Å². The normalized spacial score (nSPS) is 23.4. The van der Waals surface area contributed by atoms with Crippen LogP contribution >= 0.6 is 0 Å². The van der Waals surface area contributed by atoms with Crippen molar-refractivity contribution in [3.8, 4) is 0 Å². The lowest BCUT2D eigenvalue weighted by Crippen LogP contribution is -2.52. The lowest BCUT2D eigenvalue weighted by Gasteiger charge is -2.35. The third kappa shape index (κ3) is 4.26. The fourth-order valence-corrected chi connectivity index (χ4v) is 2.06. The number of likely N-dealkylation sites (N-methyl/N-ethyl adjacent to an activating group) is 1. The Hall–Kier alpha value is -0.650. The summed E-state index contributed by atoms with van der Waals surface area (Å²) in [7, 11) is 0. The maximum Gasteiger partial charge on any atom is 0.236 e. The van der Waals surface area contributed by atoms with Gasteiger partial charge in [-0.2, -0.15) is 0 Å². The van der Waals surface area contributed by atoms with E-state index in [1.54, 1.807) is 0 Å². The van der Waals surface area contributed by atoms with Gasteiger partial charge in [0.25, 0.3) is 0 Å². The molecule has 5 heteroatoms. The number of rotatable bonds is 5. The Bertz CT molecular complexity index is 242. The summed E-state index contributed by atoms with van der Waals surface area (Å²) in [5, 5.41) is 0. The number of nitrogens with two attached hydrogens (primary N) is 1. The van der Waals surface area contributed by atoms with Crippen LogP contribution in [0.1, 0.15) is 20.8 Å². The van der Waals surface area contributed by atoms with Crippen molar-refractivity contribution in [3.05, 3.63) is 0 Å². The van der Waals surface area contributed by atoms with Crippen molar-refractivity contribution < 1.29 is 9.53 Å². The van der Waals surface area contributed by atoms with Gasteiger partial charge in [-0.05, 0) is 20.8 Å². The first kappa shape index (κ1) is 14.4. The highest BCUT2D eigenvalue weighted by Gasteiger charge is 2.25. The van der Waals surface area contributed by atoms with Gasteiger partial charge >= 0.3 is 0 Å². The molecule has 100 valence electrons. The van der Waals surface area contributed by atoms with Crippen LogP contribution in [0.15, 0.2) is 0 Å². The Morgan fingerprint density at radius 2 is 2.18 bits per heavy atom. The van der Waals surface area contributed by atoms with Gasteiger partial charge in [-0.15, -0.1) is 0 Å². The fraction of sp³-hybridized carbons (Fsp3) is 0.917. The quantitative estimate of drug-likeness (QED) is 0.733. The molecule has 0 aromatic rings. The average molecular weight is 243 g/mol. The van der Waals surface area contributed by atoms with Gasteiger partial charge in [0.2, 0.25) is 5.91 Å². The highest BCUT2D eigenvalue weighted by atomic mass is 16.5. The molecule has 0 bridgehead atoms. The first-order valence-electron chi connectivity index (χ1n) is 6.45. The molecular formula is C12H25N3O2. The minimum Gasteiger partial charge on any atom is -0.374 e. The summed E-state index contributed by atoms with van der Waals surface area (Å²) >= 11 is 0. The summed E-state index contributed by atoms with van der Waals surface area (Å²) < 4.78 is 5.57. The second-order valence-electron chi connectivity index (χ2n) is 4.57. The molecule has 1 amide bonds. The number of carbonyl (C=O) groups is 1. The summed E-state index contributed by atoms with van der Waals surface area (Å²) in [4.78, 5) is 16.0. The number of hydrogen-bond acceptors (Lipinski definition) is 4. The molecule has 17 heavy (non-hydrogen) atoms. The minimum absolute atomic E-state index is 0.0151. The van der Waals surface area contributed by atoms with E-state index in [-0.39, 0.29) is 18.1 Å². The largest absolute Gasteiger partial charge is 0.374 e. The predicted octanol–water partition coefficient (Wildman–Crippen LogP) is -0.0972. The summed E-state index contributed by atoms with van der Waals surface area (Å²) in [6.45, 7) is 10.2. The van der Waals surface area contributed by atoms with Crippen LogP contribution < -0.4 is 5.73 Å². The van der Waals surface area contributed by atoms with E-state index in [2.05, 4.69) is 4.90 Å². The van der Waals surface area contributed by atoms with Gasteiger partial charge < -0.3 is 15.4 Å². The lowest BCUT2D eigenvalue weighted by molar-refractivity contribution is -0.134. The van der Waals surface area contributed by atoms with E-state index in [0.29, 0.717) is 13.2 Å².